The number of carbonyl (C=O) groups excluding carboxylic acids is 1. The molecular formula is C15H16O2. The molecule has 0 saturated heterocycles. The van der Waals surface area contributed by atoms with E-state index in [1.807, 2.05) is 43.3 Å². The quantitative estimate of drug-likeness (QED) is 0.790. The molecule has 0 fully saturated rings. The van der Waals surface area contributed by atoms with Gasteiger partial charge in [0.1, 0.15) is 11.9 Å². The second-order valence-electron chi connectivity index (χ2n) is 4.64. The van der Waals surface area contributed by atoms with Gasteiger partial charge in [-0.15, -0.1) is 0 Å². The first-order valence-electron chi connectivity index (χ1n) is 5.69. The minimum atomic E-state index is -1.14. The van der Waals surface area contributed by atoms with E-state index in [0.717, 1.165) is 17.4 Å². The normalized spacial score (nSPS) is 28.3. The fourth-order valence-electron chi connectivity index (χ4n) is 2.49. The summed E-state index contributed by atoms with van der Waals surface area (Å²) in [5.74, 6) is -0.158. The molecule has 88 valence electrons. The van der Waals surface area contributed by atoms with E-state index in [9.17, 15) is 9.90 Å². The van der Waals surface area contributed by atoms with Gasteiger partial charge in [-0.1, -0.05) is 48.1 Å². The molecule has 2 rings (SSSR count). The molecule has 2 unspecified atom stereocenters. The Labute approximate surface area is 101 Å². The van der Waals surface area contributed by atoms with E-state index < -0.39 is 5.60 Å². The van der Waals surface area contributed by atoms with Crippen molar-refractivity contribution in [1.29, 1.82) is 0 Å². The molecule has 0 aliphatic heterocycles. The number of hydrogen-bond acceptors (Lipinski definition) is 2. The fraction of sp³-hybridized carbons (Fsp3) is 0.267. The molecule has 1 aliphatic rings. The molecule has 2 heteroatoms. The minimum absolute atomic E-state index is 0.158. The first kappa shape index (κ1) is 11.8. The molecule has 1 aromatic rings. The van der Waals surface area contributed by atoms with Crippen molar-refractivity contribution in [2.45, 2.75) is 25.4 Å². The number of rotatable bonds is 2. The standard InChI is InChI=1S/C15H16O2/c1-11-8-9-13(10-16)15(2,17)14(11)12-6-4-3-5-7-12/h3-10,14,17H,1-2H3. The summed E-state index contributed by atoms with van der Waals surface area (Å²) in [6.45, 7) is 3.67. The van der Waals surface area contributed by atoms with E-state index in [4.69, 9.17) is 0 Å². The van der Waals surface area contributed by atoms with Crippen molar-refractivity contribution < 1.29 is 9.90 Å². The number of carbonyl (C=O) groups is 1. The van der Waals surface area contributed by atoms with Crippen molar-refractivity contribution >= 4 is 6.29 Å². The molecular weight excluding hydrogens is 212 g/mol. The predicted octanol–water partition coefficient (Wildman–Crippen LogP) is 2.61. The maximum absolute atomic E-state index is 11.0. The topological polar surface area (TPSA) is 37.3 Å². The number of aliphatic hydroxyl groups is 1. The second kappa shape index (κ2) is 4.30. The number of allylic oxidation sites excluding steroid dienone is 2. The third kappa shape index (κ3) is 1.96. The Morgan fingerprint density at radius 2 is 1.88 bits per heavy atom. The fourth-order valence-corrected chi connectivity index (χ4v) is 2.49. The molecule has 0 radical (unpaired) electrons. The van der Waals surface area contributed by atoms with Crippen molar-refractivity contribution in [2.75, 3.05) is 0 Å². The van der Waals surface area contributed by atoms with Crippen molar-refractivity contribution in [1.82, 2.24) is 0 Å². The van der Waals surface area contributed by atoms with Crippen molar-refractivity contribution in [3.63, 3.8) is 0 Å². The third-order valence-electron chi connectivity index (χ3n) is 3.39. The van der Waals surface area contributed by atoms with Crippen LogP contribution in [0.1, 0.15) is 25.3 Å². The van der Waals surface area contributed by atoms with Crippen molar-refractivity contribution in [2.24, 2.45) is 0 Å². The van der Waals surface area contributed by atoms with Gasteiger partial charge in [0, 0.05) is 11.5 Å². The average molecular weight is 228 g/mol. The zero-order valence-electron chi connectivity index (χ0n) is 10.1. The van der Waals surface area contributed by atoms with E-state index in [1.54, 1.807) is 13.0 Å². The Kier molecular flexibility index (Phi) is 2.99. The maximum Gasteiger partial charge on any atom is 0.148 e. The van der Waals surface area contributed by atoms with Crippen molar-refractivity contribution in [3.05, 3.63) is 59.2 Å². The summed E-state index contributed by atoms with van der Waals surface area (Å²) < 4.78 is 0. The van der Waals surface area contributed by atoms with Gasteiger partial charge in [-0.05, 0) is 19.4 Å². The molecule has 0 bridgehead atoms. The Morgan fingerprint density at radius 1 is 1.24 bits per heavy atom. The molecule has 2 atom stereocenters. The summed E-state index contributed by atoms with van der Waals surface area (Å²) in [7, 11) is 0. The lowest BCUT2D eigenvalue weighted by Crippen LogP contribution is -2.38. The highest BCUT2D eigenvalue weighted by Crippen LogP contribution is 2.41. The van der Waals surface area contributed by atoms with Crippen LogP contribution >= 0.6 is 0 Å². The van der Waals surface area contributed by atoms with Crippen LogP contribution in [0.5, 0.6) is 0 Å². The van der Waals surface area contributed by atoms with Gasteiger partial charge in [0.05, 0.1) is 0 Å². The van der Waals surface area contributed by atoms with Crippen LogP contribution in [-0.2, 0) is 4.79 Å². The minimum Gasteiger partial charge on any atom is -0.384 e. The second-order valence-corrected chi connectivity index (χ2v) is 4.64. The van der Waals surface area contributed by atoms with Crippen molar-refractivity contribution in [3.8, 4) is 0 Å². The summed E-state index contributed by atoms with van der Waals surface area (Å²) in [5, 5.41) is 10.6. The molecule has 2 nitrogen and oxygen atoms in total. The molecule has 17 heavy (non-hydrogen) atoms. The summed E-state index contributed by atoms with van der Waals surface area (Å²) in [4.78, 5) is 11.0. The largest absolute Gasteiger partial charge is 0.384 e. The lowest BCUT2D eigenvalue weighted by molar-refractivity contribution is -0.106. The SMILES string of the molecule is CC1=CC=C(C=O)C(C)(O)C1c1ccccc1. The highest BCUT2D eigenvalue weighted by Gasteiger charge is 2.39. The van der Waals surface area contributed by atoms with Gasteiger partial charge in [-0.2, -0.15) is 0 Å². The molecule has 0 aromatic heterocycles. The van der Waals surface area contributed by atoms with E-state index in [-0.39, 0.29) is 5.92 Å². The Morgan fingerprint density at radius 3 is 2.47 bits per heavy atom. The molecule has 0 saturated carbocycles. The van der Waals surface area contributed by atoms with E-state index in [1.165, 1.54) is 0 Å². The molecule has 1 N–H and O–H groups in total. The van der Waals surface area contributed by atoms with Gasteiger partial charge in [0.15, 0.2) is 0 Å². The van der Waals surface area contributed by atoms with Gasteiger partial charge in [0.2, 0.25) is 0 Å². The maximum atomic E-state index is 11.0. The first-order chi connectivity index (χ1) is 8.07. The van der Waals surface area contributed by atoms with Crippen LogP contribution in [0.25, 0.3) is 0 Å². The summed E-state index contributed by atoms with van der Waals surface area (Å²) in [6.07, 6.45) is 4.33. The zero-order valence-corrected chi connectivity index (χ0v) is 10.1. The molecule has 0 amide bonds. The summed E-state index contributed by atoms with van der Waals surface area (Å²) in [6, 6.07) is 9.78. The summed E-state index contributed by atoms with van der Waals surface area (Å²) >= 11 is 0. The van der Waals surface area contributed by atoms with Crippen LogP contribution in [0.2, 0.25) is 0 Å². The average Bonchev–Trinajstić information content (AvgIpc) is 2.29. The van der Waals surface area contributed by atoms with E-state index in [0.29, 0.717) is 5.57 Å². The molecule has 1 aromatic carbocycles. The smallest absolute Gasteiger partial charge is 0.148 e. The van der Waals surface area contributed by atoms with Crippen LogP contribution in [0.3, 0.4) is 0 Å². The van der Waals surface area contributed by atoms with Crippen LogP contribution in [0.15, 0.2) is 53.6 Å². The third-order valence-corrected chi connectivity index (χ3v) is 3.39. The van der Waals surface area contributed by atoms with Crippen LogP contribution < -0.4 is 0 Å². The summed E-state index contributed by atoms with van der Waals surface area (Å²) in [5.41, 5.74) is 1.38. The van der Waals surface area contributed by atoms with Crippen LogP contribution in [0, 0.1) is 0 Å². The zero-order chi connectivity index (χ0) is 12.5. The highest BCUT2D eigenvalue weighted by atomic mass is 16.3. The first-order valence-corrected chi connectivity index (χ1v) is 5.69. The van der Waals surface area contributed by atoms with Gasteiger partial charge in [-0.3, -0.25) is 4.79 Å². The molecule has 1 aliphatic carbocycles. The number of aldehydes is 1. The lowest BCUT2D eigenvalue weighted by atomic mass is 9.72. The van der Waals surface area contributed by atoms with Gasteiger partial charge in [0.25, 0.3) is 0 Å². The highest BCUT2D eigenvalue weighted by molar-refractivity contribution is 5.78. The molecule has 0 spiro atoms. The van der Waals surface area contributed by atoms with E-state index in [2.05, 4.69) is 0 Å². The predicted molar refractivity (Wildman–Crippen MR) is 67.7 cm³/mol. The molecule has 0 heterocycles. The lowest BCUT2D eigenvalue weighted by Gasteiger charge is -2.36. The Bertz CT molecular complexity index is 481. The number of benzene rings is 1. The van der Waals surface area contributed by atoms with Crippen LogP contribution in [0.4, 0.5) is 0 Å². The van der Waals surface area contributed by atoms with Crippen LogP contribution in [-0.4, -0.2) is 17.0 Å². The number of hydrogen-bond donors (Lipinski definition) is 1. The Hall–Kier alpha value is -1.67. The monoisotopic (exact) mass is 228 g/mol. The van der Waals surface area contributed by atoms with E-state index >= 15 is 0 Å². The van der Waals surface area contributed by atoms with Gasteiger partial charge < -0.3 is 5.11 Å². The van der Waals surface area contributed by atoms with Gasteiger partial charge in [-0.25, -0.2) is 0 Å². The van der Waals surface area contributed by atoms with Gasteiger partial charge >= 0.3 is 0 Å². The Balaban J connectivity index is 2.51.